The normalized spacial score (nSPS) is 12.0. The van der Waals surface area contributed by atoms with Gasteiger partial charge in [-0.3, -0.25) is 14.9 Å². The molecule has 0 aliphatic rings. The van der Waals surface area contributed by atoms with Gasteiger partial charge in [-0.2, -0.15) is 9.71 Å². The molecule has 3 aromatic carbocycles. The summed E-state index contributed by atoms with van der Waals surface area (Å²) in [7, 11) is -1.63. The number of nitrogens with one attached hydrogen (secondary N) is 3. The third-order valence-corrected chi connectivity index (χ3v) is 9.26. The van der Waals surface area contributed by atoms with E-state index < -0.39 is 22.0 Å². The van der Waals surface area contributed by atoms with Crippen LogP contribution in [0.5, 0.6) is 0 Å². The lowest BCUT2D eigenvalue weighted by Crippen LogP contribution is -2.45. The maximum absolute atomic E-state index is 13.2. The third-order valence-electron chi connectivity index (χ3n) is 5.25. The Morgan fingerprint density at radius 1 is 0.919 bits per heavy atom. The van der Waals surface area contributed by atoms with Gasteiger partial charge in [0.1, 0.15) is 6.04 Å². The van der Waals surface area contributed by atoms with Gasteiger partial charge in [-0.05, 0) is 88.2 Å². The number of carbonyl (C=O) groups is 2. The van der Waals surface area contributed by atoms with Crippen molar-refractivity contribution in [3.63, 3.8) is 0 Å². The number of aromatic nitrogens is 1. The molecule has 0 radical (unpaired) electrons. The molecule has 12 heteroatoms. The van der Waals surface area contributed by atoms with E-state index in [2.05, 4.69) is 20.3 Å². The van der Waals surface area contributed by atoms with Crippen molar-refractivity contribution < 1.29 is 18.0 Å². The van der Waals surface area contributed by atoms with E-state index in [0.717, 1.165) is 11.1 Å². The highest BCUT2D eigenvalue weighted by molar-refractivity contribution is 7.89. The second-order valence-corrected chi connectivity index (χ2v) is 12.5. The van der Waals surface area contributed by atoms with Crippen molar-refractivity contribution >= 4 is 65.6 Å². The molecule has 1 atom stereocenters. The number of rotatable bonds is 9. The molecule has 4 rings (SSSR count). The minimum Gasteiger partial charge on any atom is -0.322 e. The number of nitrogens with zero attached hydrogens (tertiary/aromatic N) is 1. The van der Waals surface area contributed by atoms with Crippen molar-refractivity contribution in [2.75, 3.05) is 10.6 Å². The Bertz CT molecular complexity index is 1550. The number of carbonyl (C=O) groups excluding carboxylic acids is 2. The Morgan fingerprint density at radius 3 is 2.22 bits per heavy atom. The Labute approximate surface area is 226 Å². The summed E-state index contributed by atoms with van der Waals surface area (Å²) in [5.41, 5.74) is 2.75. The van der Waals surface area contributed by atoms with Crippen molar-refractivity contribution in [3.8, 4) is 0 Å². The van der Waals surface area contributed by atoms with Gasteiger partial charge in [0.2, 0.25) is 21.1 Å². The number of sulfonamides is 1. The van der Waals surface area contributed by atoms with Crippen molar-refractivity contribution in [1.29, 1.82) is 0 Å². The van der Waals surface area contributed by atoms with Gasteiger partial charge in [0.25, 0.3) is 5.91 Å². The summed E-state index contributed by atoms with van der Waals surface area (Å²) in [5, 5.41) is 5.70. The van der Waals surface area contributed by atoms with Crippen molar-refractivity contribution in [3.05, 3.63) is 99.5 Å². The van der Waals surface area contributed by atoms with Crippen molar-refractivity contribution in [2.24, 2.45) is 0 Å². The molecule has 3 N–H and O–H groups in total. The van der Waals surface area contributed by atoms with Gasteiger partial charge in [0, 0.05) is 11.3 Å². The van der Waals surface area contributed by atoms with Gasteiger partial charge in [-0.1, -0.05) is 48.0 Å². The predicted molar refractivity (Wildman–Crippen MR) is 149 cm³/mol. The molecule has 37 heavy (non-hydrogen) atoms. The summed E-state index contributed by atoms with van der Waals surface area (Å²) in [4.78, 5) is 29.5. The molecule has 0 bridgehead atoms. The molecule has 0 aliphatic carbocycles. The van der Waals surface area contributed by atoms with Crippen LogP contribution in [0.25, 0.3) is 0 Å². The highest BCUT2D eigenvalue weighted by atomic mass is 32.9. The number of hydrogen-bond donors (Lipinski definition) is 3. The standard InChI is InChI=1S/C25H22N4O4S4/c1-16-7-9-18(10-8-16)22(30)26-19-11-13-20(14-12-19)37(32,33)29-21(15-17-5-3-2-4-6-17)23(31)27-24-28-25(34)36-35-24/h2-14,21,29H,15H2,1H3,(H,26,30)(H,27,28,31,34). The van der Waals surface area contributed by atoms with E-state index in [0.29, 0.717) is 20.3 Å². The van der Waals surface area contributed by atoms with Gasteiger partial charge in [-0.15, -0.1) is 0 Å². The predicted octanol–water partition coefficient (Wildman–Crippen LogP) is 5.02. The van der Waals surface area contributed by atoms with Crippen molar-refractivity contribution in [2.45, 2.75) is 24.3 Å². The second kappa shape index (κ2) is 11.8. The summed E-state index contributed by atoms with van der Waals surface area (Å²) < 4.78 is 29.2. The molecule has 0 aliphatic heterocycles. The number of hydrogen-bond acceptors (Lipinski definition) is 8. The average Bonchev–Trinajstić information content (AvgIpc) is 3.29. The molecule has 190 valence electrons. The van der Waals surface area contributed by atoms with Gasteiger partial charge in [0.05, 0.1) is 4.90 Å². The first-order chi connectivity index (χ1) is 17.7. The first-order valence-corrected chi connectivity index (χ1v) is 15.1. The highest BCUT2D eigenvalue weighted by Crippen LogP contribution is 2.20. The zero-order chi connectivity index (χ0) is 26.4. The van der Waals surface area contributed by atoms with E-state index in [9.17, 15) is 18.0 Å². The van der Waals surface area contributed by atoms with E-state index in [4.69, 9.17) is 12.2 Å². The molecule has 1 unspecified atom stereocenters. The summed E-state index contributed by atoms with van der Waals surface area (Å²) in [6.07, 6.45) is 0.131. The Kier molecular flexibility index (Phi) is 8.56. The Morgan fingerprint density at radius 2 is 1.59 bits per heavy atom. The summed E-state index contributed by atoms with van der Waals surface area (Å²) in [6, 6.07) is 20.8. The lowest BCUT2D eigenvalue weighted by atomic mass is 10.1. The van der Waals surface area contributed by atoms with Crippen LogP contribution in [0.1, 0.15) is 21.5 Å². The number of anilines is 2. The van der Waals surface area contributed by atoms with E-state index in [1.54, 1.807) is 12.1 Å². The van der Waals surface area contributed by atoms with E-state index in [1.165, 1.54) is 44.9 Å². The van der Waals surface area contributed by atoms with Crippen LogP contribution in [0.15, 0.2) is 83.8 Å². The molecular formula is C25H22N4O4S4. The number of amides is 2. The van der Waals surface area contributed by atoms with Crippen LogP contribution in [0.2, 0.25) is 0 Å². The van der Waals surface area contributed by atoms with Crippen LogP contribution in [0, 0.1) is 10.9 Å². The third kappa shape index (κ3) is 7.37. The molecule has 2 amide bonds. The topological polar surface area (TPSA) is 117 Å². The maximum atomic E-state index is 13.2. The fourth-order valence-electron chi connectivity index (χ4n) is 3.36. The number of aryl methyl sites for hydroxylation is 1. The van der Waals surface area contributed by atoms with E-state index in [1.807, 2.05) is 49.4 Å². The zero-order valence-corrected chi connectivity index (χ0v) is 22.8. The van der Waals surface area contributed by atoms with E-state index in [-0.39, 0.29) is 17.2 Å². The van der Waals surface area contributed by atoms with E-state index >= 15 is 0 Å². The van der Waals surface area contributed by atoms with Gasteiger partial charge in [-0.25, -0.2) is 8.42 Å². The fourth-order valence-corrected chi connectivity index (χ4v) is 6.41. The van der Waals surface area contributed by atoms with Gasteiger partial charge >= 0.3 is 0 Å². The number of benzene rings is 3. The monoisotopic (exact) mass is 570 g/mol. The molecule has 4 aromatic rings. The molecule has 0 saturated heterocycles. The second-order valence-electron chi connectivity index (χ2n) is 8.05. The first-order valence-electron chi connectivity index (χ1n) is 11.0. The summed E-state index contributed by atoms with van der Waals surface area (Å²) in [5.74, 6) is -0.857. The SMILES string of the molecule is Cc1ccc(C(=O)Nc2ccc(S(=O)(=O)NC(Cc3ccccc3)C(=O)Nc3nc(=S)ss3)cc2)cc1. The molecule has 1 heterocycles. The van der Waals surface area contributed by atoms with Gasteiger partial charge in [0.15, 0.2) is 3.95 Å². The largest absolute Gasteiger partial charge is 0.322 e. The molecule has 0 fully saturated rings. The summed E-state index contributed by atoms with van der Waals surface area (Å²) >= 11 is 5.01. The Balaban J connectivity index is 1.49. The lowest BCUT2D eigenvalue weighted by molar-refractivity contribution is -0.117. The first kappa shape index (κ1) is 26.8. The van der Waals surface area contributed by atoms with Crippen molar-refractivity contribution in [1.82, 2.24) is 9.71 Å². The molecule has 8 nitrogen and oxygen atoms in total. The quantitative estimate of drug-likeness (QED) is 0.192. The fraction of sp³-hybridized carbons (Fsp3) is 0.120. The van der Waals surface area contributed by atoms with Crippen LogP contribution in [0.3, 0.4) is 0 Å². The average molecular weight is 571 g/mol. The van der Waals surface area contributed by atoms with Crippen LogP contribution in [-0.2, 0) is 21.2 Å². The smallest absolute Gasteiger partial charge is 0.255 e. The molecular weight excluding hydrogens is 549 g/mol. The minimum absolute atomic E-state index is 0.0454. The lowest BCUT2D eigenvalue weighted by Gasteiger charge is -2.18. The van der Waals surface area contributed by atoms with Crippen LogP contribution in [-0.4, -0.2) is 31.3 Å². The Hall–Kier alpha value is -3.29. The maximum Gasteiger partial charge on any atom is 0.255 e. The van der Waals surface area contributed by atoms with Crippen LogP contribution in [0.4, 0.5) is 10.8 Å². The highest BCUT2D eigenvalue weighted by Gasteiger charge is 2.27. The molecule has 0 spiro atoms. The van der Waals surface area contributed by atoms with Gasteiger partial charge < -0.3 is 5.32 Å². The minimum atomic E-state index is -4.07. The molecule has 1 aromatic heterocycles. The van der Waals surface area contributed by atoms with Crippen LogP contribution >= 0.6 is 32.9 Å². The van der Waals surface area contributed by atoms with Crippen LogP contribution < -0.4 is 15.4 Å². The zero-order valence-electron chi connectivity index (χ0n) is 19.5. The molecule has 0 saturated carbocycles. The summed E-state index contributed by atoms with van der Waals surface area (Å²) in [6.45, 7) is 1.93.